The summed E-state index contributed by atoms with van der Waals surface area (Å²) in [4.78, 5) is 16.1. The first-order valence-corrected chi connectivity index (χ1v) is 15.2. The van der Waals surface area contributed by atoms with Gasteiger partial charge in [-0.05, 0) is 55.8 Å². The average Bonchev–Trinajstić information content (AvgIpc) is 3.31. The number of nitrogens with one attached hydrogen (secondary N) is 1. The number of benzene rings is 3. The molecule has 1 aromatic heterocycles. The highest BCUT2D eigenvalue weighted by Gasteiger charge is 2.23. The molecule has 13 nitrogen and oxygen atoms in total. The van der Waals surface area contributed by atoms with Gasteiger partial charge in [0.15, 0.2) is 5.70 Å². The summed E-state index contributed by atoms with van der Waals surface area (Å²) in [5.41, 5.74) is 0.0908. The molecule has 4 aromatic rings. The van der Waals surface area contributed by atoms with Crippen LogP contribution in [0.2, 0.25) is 0 Å². The second-order valence-electron chi connectivity index (χ2n) is 8.50. The summed E-state index contributed by atoms with van der Waals surface area (Å²) in [5, 5.41) is 20.3. The van der Waals surface area contributed by atoms with Crippen LogP contribution in [-0.2, 0) is 25.0 Å². The number of fused-ring (bicyclic) bond motifs is 1. The van der Waals surface area contributed by atoms with Crippen molar-refractivity contribution < 1.29 is 40.6 Å². The van der Waals surface area contributed by atoms with Crippen molar-refractivity contribution in [2.24, 2.45) is 10.2 Å². The number of methoxy groups -OCH3 is 1. The van der Waals surface area contributed by atoms with Crippen LogP contribution in [-0.4, -0.2) is 49.0 Å². The van der Waals surface area contributed by atoms with Gasteiger partial charge in [-0.3, -0.25) is 13.9 Å². The second-order valence-corrected chi connectivity index (χ2v) is 12.2. The Morgan fingerprint density at radius 3 is 2.37 bits per heavy atom. The van der Waals surface area contributed by atoms with E-state index in [1.807, 2.05) is 0 Å². The first kappa shape index (κ1) is 29.8. The predicted octanol–water partition coefficient (Wildman–Crippen LogP) is 5.29. The molecule has 3 aromatic carbocycles. The fourth-order valence-corrected chi connectivity index (χ4v) is 6.72. The largest absolute Gasteiger partial charge is 0.510 e. The highest BCUT2D eigenvalue weighted by molar-refractivity contribution is 7.86. The molecule has 0 radical (unpaired) electrons. The number of azo groups is 1. The number of nitrogens with zero attached hydrogens (tertiary/aromatic N) is 3. The molecule has 1 heterocycles. The van der Waals surface area contributed by atoms with Crippen LogP contribution in [0.4, 0.5) is 11.4 Å². The van der Waals surface area contributed by atoms with Gasteiger partial charge in [-0.2, -0.15) is 16.8 Å². The smallest absolute Gasteiger partial charge is 0.296 e. The minimum atomic E-state index is -4.89. The van der Waals surface area contributed by atoms with Gasteiger partial charge >= 0.3 is 0 Å². The van der Waals surface area contributed by atoms with E-state index < -0.39 is 42.5 Å². The highest BCUT2D eigenvalue weighted by atomic mass is 32.2. The van der Waals surface area contributed by atoms with Crippen molar-refractivity contribution in [3.63, 3.8) is 0 Å². The van der Waals surface area contributed by atoms with E-state index in [0.717, 1.165) is 17.4 Å². The first-order chi connectivity index (χ1) is 19.2. The third-order valence-corrected chi connectivity index (χ3v) is 8.81. The molecule has 0 saturated heterocycles. The van der Waals surface area contributed by atoms with Gasteiger partial charge < -0.3 is 15.2 Å². The molecule has 1 amide bonds. The minimum absolute atomic E-state index is 0.161. The van der Waals surface area contributed by atoms with Crippen LogP contribution in [0.3, 0.4) is 0 Å². The fourth-order valence-electron chi connectivity index (χ4n) is 3.76. The summed E-state index contributed by atoms with van der Waals surface area (Å²) in [7, 11) is -8.06. The van der Waals surface area contributed by atoms with Crippen LogP contribution < -0.4 is 10.1 Å². The maximum atomic E-state index is 12.8. The molecule has 16 heteroatoms. The SMILES string of the molecule is COc1ccccc1NC(=O)C(N=Nc1ccc(-c2nc3ccc(C)c(S(=O)(=O)O)c3s2)cc1S(=O)(=O)O)=C(C)O. The summed E-state index contributed by atoms with van der Waals surface area (Å²) in [6.07, 6.45) is 0. The van der Waals surface area contributed by atoms with E-state index in [0.29, 0.717) is 11.3 Å². The molecule has 4 rings (SSSR count). The molecule has 0 saturated carbocycles. The lowest BCUT2D eigenvalue weighted by molar-refractivity contribution is -0.113. The lowest BCUT2D eigenvalue weighted by Gasteiger charge is -2.10. The average molecular weight is 619 g/mol. The monoisotopic (exact) mass is 618 g/mol. The molecule has 0 aliphatic heterocycles. The first-order valence-electron chi connectivity index (χ1n) is 11.5. The number of aromatic nitrogens is 1. The normalized spacial score (nSPS) is 12.9. The quantitative estimate of drug-likeness (QED) is 0.0869. The topological polar surface area (TPSA) is 205 Å². The maximum Gasteiger partial charge on any atom is 0.296 e. The zero-order valence-corrected chi connectivity index (χ0v) is 24.0. The number of thiazole rings is 1. The standard InChI is InChI=1S/C25H22N4O9S3/c1-13-8-10-18-22(23(13)41(35,36)37)39-25(27-18)15-9-11-17(20(12-15)40(32,33)34)28-29-21(14(2)30)24(31)26-16-6-4-5-7-19(16)38-3/h4-12,30H,1-3H3,(H,26,31)(H,32,33,34)(H,35,36,37). The third kappa shape index (κ3) is 6.41. The highest BCUT2D eigenvalue weighted by Crippen LogP contribution is 2.38. The van der Waals surface area contributed by atoms with E-state index in [2.05, 4.69) is 20.5 Å². The number of amides is 1. The van der Waals surface area contributed by atoms with Crippen molar-refractivity contribution in [2.45, 2.75) is 23.6 Å². The number of aryl methyl sites for hydroxylation is 1. The Hall–Kier alpha value is -4.22. The van der Waals surface area contributed by atoms with Crippen LogP contribution in [0.5, 0.6) is 5.75 Å². The fraction of sp³-hybridized carbons (Fsp3) is 0.120. The van der Waals surface area contributed by atoms with Crippen molar-refractivity contribution in [2.75, 3.05) is 12.4 Å². The summed E-state index contributed by atoms with van der Waals surface area (Å²) in [5.74, 6) is -1.06. The molecular weight excluding hydrogens is 596 g/mol. The molecule has 0 aliphatic carbocycles. The van der Waals surface area contributed by atoms with Gasteiger partial charge in [0.2, 0.25) is 0 Å². The Morgan fingerprint density at radius 1 is 1.02 bits per heavy atom. The van der Waals surface area contributed by atoms with Gasteiger partial charge in [-0.15, -0.1) is 21.6 Å². The molecule has 0 unspecified atom stereocenters. The number of rotatable bonds is 8. The minimum Gasteiger partial charge on any atom is -0.510 e. The van der Waals surface area contributed by atoms with Crippen LogP contribution in [0.25, 0.3) is 20.8 Å². The van der Waals surface area contributed by atoms with Gasteiger partial charge in [0, 0.05) is 5.56 Å². The molecule has 41 heavy (non-hydrogen) atoms. The van der Waals surface area contributed by atoms with E-state index in [4.69, 9.17) is 4.74 Å². The van der Waals surface area contributed by atoms with Crippen molar-refractivity contribution in [3.05, 3.63) is 71.6 Å². The van der Waals surface area contributed by atoms with E-state index in [-0.39, 0.29) is 37.1 Å². The molecule has 0 atom stereocenters. The number of aliphatic hydroxyl groups is 1. The third-order valence-electron chi connectivity index (χ3n) is 5.62. The number of hydrogen-bond acceptors (Lipinski definition) is 11. The summed E-state index contributed by atoms with van der Waals surface area (Å²) < 4.78 is 73.3. The Balaban J connectivity index is 1.74. The predicted molar refractivity (Wildman–Crippen MR) is 151 cm³/mol. The number of allylic oxidation sites excluding steroid dienone is 1. The van der Waals surface area contributed by atoms with Crippen molar-refractivity contribution in [1.82, 2.24) is 4.98 Å². The van der Waals surface area contributed by atoms with Crippen LogP contribution in [0.15, 0.2) is 86.1 Å². The number of ether oxygens (including phenoxy) is 1. The molecule has 0 spiro atoms. The van der Waals surface area contributed by atoms with Crippen molar-refractivity contribution in [1.29, 1.82) is 0 Å². The van der Waals surface area contributed by atoms with E-state index >= 15 is 0 Å². The summed E-state index contributed by atoms with van der Waals surface area (Å²) in [6, 6.07) is 13.1. The van der Waals surface area contributed by atoms with Gasteiger partial charge in [-0.25, -0.2) is 4.98 Å². The second kappa shape index (κ2) is 11.3. The van der Waals surface area contributed by atoms with Crippen molar-refractivity contribution >= 4 is 59.1 Å². The van der Waals surface area contributed by atoms with Crippen LogP contribution in [0.1, 0.15) is 12.5 Å². The Labute approximate surface area is 238 Å². The van der Waals surface area contributed by atoms with Gasteiger partial charge in [0.25, 0.3) is 26.1 Å². The molecule has 0 bridgehead atoms. The maximum absolute atomic E-state index is 12.8. The lowest BCUT2D eigenvalue weighted by atomic mass is 10.2. The molecule has 0 aliphatic rings. The van der Waals surface area contributed by atoms with E-state index in [1.54, 1.807) is 30.3 Å². The summed E-state index contributed by atoms with van der Waals surface area (Å²) >= 11 is 0.889. The van der Waals surface area contributed by atoms with E-state index in [1.165, 1.54) is 39.2 Å². The molecule has 4 N–H and O–H groups in total. The molecular formula is C25H22N4O9S3. The Kier molecular flexibility index (Phi) is 8.23. The van der Waals surface area contributed by atoms with Gasteiger partial charge in [0.05, 0.1) is 23.0 Å². The van der Waals surface area contributed by atoms with Crippen LogP contribution in [0, 0.1) is 6.92 Å². The van der Waals surface area contributed by atoms with Crippen LogP contribution >= 0.6 is 11.3 Å². The Morgan fingerprint density at radius 2 is 1.73 bits per heavy atom. The summed E-state index contributed by atoms with van der Waals surface area (Å²) in [6.45, 7) is 2.68. The number of hydrogen-bond donors (Lipinski definition) is 4. The van der Waals surface area contributed by atoms with E-state index in [9.17, 15) is 35.8 Å². The lowest BCUT2D eigenvalue weighted by Crippen LogP contribution is -2.15. The van der Waals surface area contributed by atoms with Crippen molar-refractivity contribution in [3.8, 4) is 16.3 Å². The van der Waals surface area contributed by atoms with Gasteiger partial charge in [-0.1, -0.05) is 18.2 Å². The zero-order chi connectivity index (χ0) is 30.1. The number of aliphatic hydroxyl groups excluding tert-OH is 1. The zero-order valence-electron chi connectivity index (χ0n) is 21.6. The number of carbonyl (C=O) groups excluding carboxylic acids is 1. The van der Waals surface area contributed by atoms with Gasteiger partial charge in [0.1, 0.15) is 32.0 Å². The number of anilines is 1. The number of carbonyl (C=O) groups is 1. The molecule has 214 valence electrons. The number of para-hydroxylation sites is 2. The Bertz CT molecular complexity index is 1960. The molecule has 0 fully saturated rings.